The first-order chi connectivity index (χ1) is 16.3. The number of amides is 3. The van der Waals surface area contributed by atoms with Crippen LogP contribution in [0.2, 0.25) is 0 Å². The molecule has 1 aromatic heterocycles. The highest BCUT2D eigenvalue weighted by Crippen LogP contribution is 2.27. The molecule has 0 spiro atoms. The number of nitrogens with two attached hydrogens (primary N) is 1. The second-order valence-corrected chi connectivity index (χ2v) is 11.5. The molecule has 1 aromatic rings. The summed E-state index contributed by atoms with van der Waals surface area (Å²) in [6, 6.07) is -0.487. The van der Waals surface area contributed by atoms with Gasteiger partial charge >= 0.3 is 6.09 Å². The number of thioether (sulfide) groups is 1. The Balaban J connectivity index is 2.45. The van der Waals surface area contributed by atoms with E-state index in [0.29, 0.717) is 36.7 Å². The number of primary amides is 1. The van der Waals surface area contributed by atoms with Gasteiger partial charge in [-0.1, -0.05) is 34.6 Å². The van der Waals surface area contributed by atoms with E-state index >= 15 is 0 Å². The molecule has 0 bridgehead atoms. The molecule has 2 rings (SSSR count). The van der Waals surface area contributed by atoms with Crippen molar-refractivity contribution in [1.82, 2.24) is 19.8 Å². The number of nitrogens with one attached hydrogen (secondary N) is 1. The molecule has 1 aliphatic heterocycles. The average molecular weight is 509 g/mol. The first kappa shape index (κ1) is 28.7. The molecule has 4 N–H and O–H groups in total. The van der Waals surface area contributed by atoms with Crippen molar-refractivity contribution in [1.29, 1.82) is 0 Å². The number of likely N-dealkylation sites (tertiary alicyclic amines) is 1. The number of hydrogen-bond acceptors (Lipinski definition) is 7. The third-order valence-corrected chi connectivity index (χ3v) is 6.57. The molecule has 1 aliphatic rings. The van der Waals surface area contributed by atoms with Crippen LogP contribution in [0.25, 0.3) is 0 Å². The second-order valence-electron chi connectivity index (χ2n) is 10.5. The number of carbonyl (C=O) groups is 3. The van der Waals surface area contributed by atoms with Crippen molar-refractivity contribution in [3.63, 3.8) is 0 Å². The number of hydrogen-bond donors (Lipinski definition) is 3. The number of aromatic nitrogens is 2. The molecule has 2 atom stereocenters. The average Bonchev–Trinajstić information content (AvgIpc) is 2.78. The number of carboxylic acid groups (broad SMARTS) is 1. The Morgan fingerprint density at radius 2 is 2.00 bits per heavy atom. The maximum absolute atomic E-state index is 13.9. The highest BCUT2D eigenvalue weighted by Gasteiger charge is 2.38. The maximum Gasteiger partial charge on any atom is 0.407 e. The fourth-order valence-electron chi connectivity index (χ4n) is 4.06. The molecular weight excluding hydrogens is 468 g/mol. The lowest BCUT2D eigenvalue weighted by Crippen LogP contribution is -2.56. The normalized spacial score (nSPS) is 18.4. The van der Waals surface area contributed by atoms with Gasteiger partial charge in [0, 0.05) is 37.8 Å². The van der Waals surface area contributed by atoms with E-state index in [1.165, 1.54) is 4.90 Å². The largest absolute Gasteiger partial charge is 0.465 e. The molecule has 0 saturated carbocycles. The highest BCUT2D eigenvalue weighted by atomic mass is 32.2. The van der Waals surface area contributed by atoms with Gasteiger partial charge in [-0.2, -0.15) is 11.8 Å². The van der Waals surface area contributed by atoms with E-state index in [4.69, 9.17) is 10.7 Å². The van der Waals surface area contributed by atoms with Crippen LogP contribution >= 0.6 is 11.8 Å². The van der Waals surface area contributed by atoms with E-state index in [9.17, 15) is 19.5 Å². The van der Waals surface area contributed by atoms with E-state index in [0.717, 1.165) is 12.2 Å². The molecule has 1 saturated heterocycles. The fraction of sp³-hybridized carbons (Fsp3) is 0.708. The van der Waals surface area contributed by atoms with Crippen molar-refractivity contribution in [3.05, 3.63) is 17.6 Å². The first-order valence-corrected chi connectivity index (χ1v) is 13.4. The van der Waals surface area contributed by atoms with E-state index in [2.05, 4.69) is 10.3 Å². The fourth-order valence-corrected chi connectivity index (χ4v) is 4.50. The zero-order chi connectivity index (χ0) is 26.3. The number of carbonyl (C=O) groups excluding carboxylic acids is 2. The van der Waals surface area contributed by atoms with Crippen molar-refractivity contribution in [2.75, 3.05) is 43.5 Å². The van der Waals surface area contributed by atoms with Crippen LogP contribution < -0.4 is 11.1 Å². The molecular formula is C24H40N6O4S. The summed E-state index contributed by atoms with van der Waals surface area (Å²) in [5.74, 6) is 0.699. The molecule has 2 heterocycles. The molecule has 0 aromatic carbocycles. The van der Waals surface area contributed by atoms with Gasteiger partial charge in [-0.15, -0.1) is 0 Å². The summed E-state index contributed by atoms with van der Waals surface area (Å²) >= 11 is 1.75. The van der Waals surface area contributed by atoms with E-state index in [-0.39, 0.29) is 30.3 Å². The Bertz CT molecular complexity index is 882. The Hall–Kier alpha value is -2.56. The van der Waals surface area contributed by atoms with Gasteiger partial charge in [-0.25, -0.2) is 14.8 Å². The van der Waals surface area contributed by atoms with Crippen molar-refractivity contribution in [3.8, 4) is 0 Å². The molecule has 35 heavy (non-hydrogen) atoms. The van der Waals surface area contributed by atoms with Gasteiger partial charge in [0.05, 0.1) is 12.0 Å². The Morgan fingerprint density at radius 3 is 2.54 bits per heavy atom. The Morgan fingerprint density at radius 1 is 1.31 bits per heavy atom. The number of piperidine rings is 1. The quantitative estimate of drug-likeness (QED) is 0.410. The Kier molecular flexibility index (Phi) is 10.2. The summed E-state index contributed by atoms with van der Waals surface area (Å²) in [7, 11) is 0. The predicted molar refractivity (Wildman–Crippen MR) is 139 cm³/mol. The smallest absolute Gasteiger partial charge is 0.407 e. The molecule has 10 nitrogen and oxygen atoms in total. The van der Waals surface area contributed by atoms with Crippen LogP contribution in [0.1, 0.15) is 63.6 Å². The summed E-state index contributed by atoms with van der Waals surface area (Å²) in [4.78, 5) is 49.7. The zero-order valence-corrected chi connectivity index (χ0v) is 22.5. The lowest BCUT2D eigenvalue weighted by Gasteiger charge is -2.41. The minimum atomic E-state index is -1.13. The number of rotatable bonds is 10. The highest BCUT2D eigenvalue weighted by molar-refractivity contribution is 7.98. The van der Waals surface area contributed by atoms with Crippen molar-refractivity contribution in [2.24, 2.45) is 17.6 Å². The van der Waals surface area contributed by atoms with Crippen LogP contribution in [0, 0.1) is 11.8 Å². The number of anilines is 1. The Labute approximate surface area is 212 Å². The second kappa shape index (κ2) is 12.4. The minimum Gasteiger partial charge on any atom is -0.465 e. The van der Waals surface area contributed by atoms with Crippen molar-refractivity contribution < 1.29 is 19.5 Å². The van der Waals surface area contributed by atoms with E-state index < -0.39 is 24.0 Å². The molecule has 1 fully saturated rings. The van der Waals surface area contributed by atoms with E-state index in [1.807, 2.05) is 40.9 Å². The third kappa shape index (κ3) is 7.98. The summed E-state index contributed by atoms with van der Waals surface area (Å²) in [6.07, 6.45) is 3.70. The van der Waals surface area contributed by atoms with E-state index in [1.54, 1.807) is 22.9 Å². The van der Waals surface area contributed by atoms with Gasteiger partial charge in [0.2, 0.25) is 5.91 Å². The molecule has 0 unspecified atom stereocenters. The summed E-state index contributed by atoms with van der Waals surface area (Å²) in [6.45, 7) is 11.2. The molecule has 196 valence electrons. The van der Waals surface area contributed by atoms with Gasteiger partial charge < -0.3 is 26.0 Å². The van der Waals surface area contributed by atoms with Crippen molar-refractivity contribution in [2.45, 2.75) is 58.9 Å². The molecule has 3 amide bonds. The van der Waals surface area contributed by atoms with Gasteiger partial charge in [0.15, 0.2) is 0 Å². The summed E-state index contributed by atoms with van der Waals surface area (Å²) in [5.41, 5.74) is 5.59. The summed E-state index contributed by atoms with van der Waals surface area (Å²) < 4.78 is 0. The predicted octanol–water partition coefficient (Wildman–Crippen LogP) is 2.89. The SMILES string of the molecule is CSCCCNc1nc(C(C)(C)C)ncc1C(=O)N(CC(C)C)[C@H]1C[C@@H](C(N)=O)CN(C(=O)O)C1. The van der Waals surface area contributed by atoms with Crippen LogP contribution in [0.15, 0.2) is 6.20 Å². The van der Waals surface area contributed by atoms with Crippen LogP contribution in [0.5, 0.6) is 0 Å². The maximum atomic E-state index is 13.9. The first-order valence-electron chi connectivity index (χ1n) is 12.0. The van der Waals surface area contributed by atoms with Gasteiger partial charge in [0.25, 0.3) is 5.91 Å². The van der Waals surface area contributed by atoms with Crippen molar-refractivity contribution >= 4 is 35.5 Å². The third-order valence-electron chi connectivity index (χ3n) is 5.87. The van der Waals surface area contributed by atoms with Gasteiger partial charge in [-0.05, 0) is 30.8 Å². The van der Waals surface area contributed by atoms with Crippen LogP contribution in [-0.2, 0) is 10.2 Å². The van der Waals surface area contributed by atoms with Crippen LogP contribution in [0.4, 0.5) is 10.6 Å². The standard InChI is InChI=1S/C24H40N6O4S/c1-15(2)12-30(17-10-16(19(25)31)13-29(14-17)23(33)34)21(32)18-11-27-22(24(3,4)5)28-20(18)26-8-7-9-35-6/h11,15-17H,7-10,12-14H2,1-6H3,(H2,25,31)(H,33,34)(H,26,27,28)/t16-,17+/m1/s1. The lowest BCUT2D eigenvalue weighted by molar-refractivity contribution is -0.124. The van der Waals surface area contributed by atoms with Gasteiger partial charge in [0.1, 0.15) is 17.2 Å². The molecule has 0 aliphatic carbocycles. The number of nitrogens with zero attached hydrogens (tertiary/aromatic N) is 4. The van der Waals surface area contributed by atoms with Crippen LogP contribution in [0.3, 0.4) is 0 Å². The molecule has 11 heteroatoms. The lowest BCUT2D eigenvalue weighted by atomic mass is 9.92. The monoisotopic (exact) mass is 508 g/mol. The van der Waals surface area contributed by atoms with Crippen LogP contribution in [-0.4, -0.2) is 87.0 Å². The summed E-state index contributed by atoms with van der Waals surface area (Å²) in [5, 5.41) is 12.9. The van der Waals surface area contributed by atoms with Gasteiger partial charge in [-0.3, -0.25) is 9.59 Å². The molecule has 0 radical (unpaired) electrons. The topological polar surface area (TPSA) is 142 Å². The zero-order valence-electron chi connectivity index (χ0n) is 21.7. The minimum absolute atomic E-state index is 0.0382.